The van der Waals surface area contributed by atoms with E-state index in [1.807, 2.05) is 0 Å². The molecule has 0 aromatic heterocycles. The number of fused-ring (bicyclic) bond motifs is 1. The van der Waals surface area contributed by atoms with E-state index in [2.05, 4.69) is 30.3 Å². The minimum atomic E-state index is 0.0387. The lowest BCUT2D eigenvalue weighted by molar-refractivity contribution is -1.12. The van der Waals surface area contributed by atoms with Crippen molar-refractivity contribution in [3.8, 4) is 0 Å². The molecule has 98 valence electrons. The molecule has 0 saturated carbocycles. The van der Waals surface area contributed by atoms with Crippen LogP contribution < -0.4 is 0 Å². The van der Waals surface area contributed by atoms with Crippen LogP contribution in [-0.4, -0.2) is 35.1 Å². The van der Waals surface area contributed by atoms with Gasteiger partial charge >= 0.3 is 0 Å². The molecular weight excluding hydrogens is 226 g/mol. The summed E-state index contributed by atoms with van der Waals surface area (Å²) in [6, 6.07) is 11.2. The van der Waals surface area contributed by atoms with Crippen LogP contribution in [0.15, 0.2) is 30.3 Å². The highest BCUT2D eigenvalue weighted by atomic mass is 16.7. The van der Waals surface area contributed by atoms with E-state index in [0.29, 0.717) is 6.04 Å². The summed E-state index contributed by atoms with van der Waals surface area (Å²) in [5.41, 5.74) is 1.34. The molecule has 3 nitrogen and oxygen atoms in total. The van der Waals surface area contributed by atoms with Crippen molar-refractivity contribution in [3.05, 3.63) is 35.9 Å². The van der Waals surface area contributed by atoms with Gasteiger partial charge in [0.25, 0.3) is 0 Å². The Morgan fingerprint density at radius 3 is 2.83 bits per heavy atom. The molecule has 0 unspecified atom stereocenters. The Balaban J connectivity index is 1.81. The summed E-state index contributed by atoms with van der Waals surface area (Å²) in [6.07, 6.45) is 4.84. The Kier molecular flexibility index (Phi) is 3.37. The molecule has 1 N–H and O–H groups in total. The van der Waals surface area contributed by atoms with Crippen LogP contribution in [0.3, 0.4) is 0 Å². The molecule has 0 spiro atoms. The van der Waals surface area contributed by atoms with Gasteiger partial charge in [0.15, 0.2) is 0 Å². The quantitative estimate of drug-likeness (QED) is 0.831. The summed E-state index contributed by atoms with van der Waals surface area (Å²) in [5.74, 6) is 0. The predicted octanol–water partition coefficient (Wildman–Crippen LogP) is 2.25. The minimum Gasteiger partial charge on any atom is -0.393 e. The maximum atomic E-state index is 9.36. The van der Waals surface area contributed by atoms with E-state index in [1.165, 1.54) is 24.8 Å². The summed E-state index contributed by atoms with van der Waals surface area (Å²) in [4.78, 5) is 6.19. The molecule has 0 amide bonds. The molecule has 0 radical (unpaired) electrons. The number of aliphatic hydroxyl groups is 1. The SMILES string of the molecule is OC[C@@H]1C[C@H]2CCCC[N@@+]2(Cc2ccccc2)O1. The third-order valence-corrected chi connectivity index (χ3v) is 4.38. The van der Waals surface area contributed by atoms with E-state index in [9.17, 15) is 5.11 Å². The van der Waals surface area contributed by atoms with Crippen LogP contribution in [0, 0.1) is 0 Å². The Morgan fingerprint density at radius 2 is 2.06 bits per heavy atom. The Hall–Kier alpha value is -0.900. The zero-order valence-electron chi connectivity index (χ0n) is 10.8. The molecule has 1 aromatic carbocycles. The van der Waals surface area contributed by atoms with Gasteiger partial charge in [0, 0.05) is 18.4 Å². The number of quaternary nitrogens is 1. The van der Waals surface area contributed by atoms with E-state index in [4.69, 9.17) is 4.84 Å². The van der Waals surface area contributed by atoms with Gasteiger partial charge in [-0.2, -0.15) is 9.48 Å². The molecule has 2 fully saturated rings. The van der Waals surface area contributed by atoms with Crippen molar-refractivity contribution in [1.29, 1.82) is 0 Å². The van der Waals surface area contributed by atoms with Crippen LogP contribution >= 0.6 is 0 Å². The van der Waals surface area contributed by atoms with E-state index in [0.717, 1.165) is 24.2 Å². The largest absolute Gasteiger partial charge is 0.393 e. The molecule has 3 rings (SSSR count). The zero-order valence-corrected chi connectivity index (χ0v) is 10.8. The number of hydroxylamine groups is 3. The smallest absolute Gasteiger partial charge is 0.145 e. The molecule has 2 aliphatic heterocycles. The third kappa shape index (κ3) is 2.18. The van der Waals surface area contributed by atoms with Crippen LogP contribution in [0.1, 0.15) is 31.2 Å². The standard InChI is InChI=1S/C15H22NO2/c17-12-15-10-14-8-4-5-9-16(14,18-15)11-13-6-2-1-3-7-13/h1-3,6-7,14-15,17H,4-5,8-12H2/q+1/t14-,15+,16+/m1/s1. The Labute approximate surface area is 109 Å². The fourth-order valence-electron chi connectivity index (χ4n) is 3.52. The van der Waals surface area contributed by atoms with Crippen LogP contribution in [-0.2, 0) is 11.4 Å². The third-order valence-electron chi connectivity index (χ3n) is 4.38. The van der Waals surface area contributed by atoms with Crippen molar-refractivity contribution >= 4 is 0 Å². The minimum absolute atomic E-state index is 0.0387. The number of rotatable bonds is 3. The van der Waals surface area contributed by atoms with E-state index >= 15 is 0 Å². The van der Waals surface area contributed by atoms with Gasteiger partial charge in [-0.05, 0) is 12.8 Å². The summed E-state index contributed by atoms with van der Waals surface area (Å²) < 4.78 is 0.745. The van der Waals surface area contributed by atoms with Gasteiger partial charge in [0.05, 0.1) is 6.61 Å². The van der Waals surface area contributed by atoms with Crippen molar-refractivity contribution in [2.24, 2.45) is 0 Å². The highest BCUT2D eigenvalue weighted by Gasteiger charge is 2.50. The molecule has 0 aliphatic carbocycles. The highest BCUT2D eigenvalue weighted by Crippen LogP contribution is 2.38. The van der Waals surface area contributed by atoms with E-state index < -0.39 is 0 Å². The number of benzene rings is 1. The first kappa shape index (κ1) is 12.2. The lowest BCUT2D eigenvalue weighted by atomic mass is 9.97. The molecule has 1 aromatic rings. The molecule has 3 atom stereocenters. The second-order valence-electron chi connectivity index (χ2n) is 5.61. The fraction of sp³-hybridized carbons (Fsp3) is 0.600. The van der Waals surface area contributed by atoms with Crippen LogP contribution in [0.5, 0.6) is 0 Å². The summed E-state index contributed by atoms with van der Waals surface area (Å²) in [5, 5.41) is 9.36. The number of aliphatic hydroxyl groups excluding tert-OH is 1. The first-order valence-corrected chi connectivity index (χ1v) is 7.02. The second-order valence-corrected chi connectivity index (χ2v) is 5.61. The highest BCUT2D eigenvalue weighted by molar-refractivity contribution is 5.13. The molecule has 18 heavy (non-hydrogen) atoms. The van der Waals surface area contributed by atoms with Crippen molar-refractivity contribution in [1.82, 2.24) is 0 Å². The fourth-order valence-corrected chi connectivity index (χ4v) is 3.52. The van der Waals surface area contributed by atoms with Gasteiger partial charge in [0.2, 0.25) is 0 Å². The Morgan fingerprint density at radius 1 is 1.22 bits per heavy atom. The van der Waals surface area contributed by atoms with Gasteiger partial charge < -0.3 is 5.11 Å². The van der Waals surface area contributed by atoms with Crippen molar-refractivity contribution < 1.29 is 14.6 Å². The number of hydrogen-bond acceptors (Lipinski definition) is 2. The molecule has 0 bridgehead atoms. The molecule has 2 aliphatic rings. The van der Waals surface area contributed by atoms with Gasteiger partial charge in [-0.15, -0.1) is 0 Å². The number of nitrogens with zero attached hydrogens (tertiary/aromatic N) is 1. The normalized spacial score (nSPS) is 35.4. The maximum Gasteiger partial charge on any atom is 0.145 e. The number of piperidine rings is 1. The van der Waals surface area contributed by atoms with Gasteiger partial charge in [-0.1, -0.05) is 30.3 Å². The molecule has 3 heteroatoms. The van der Waals surface area contributed by atoms with Gasteiger partial charge in [0.1, 0.15) is 25.2 Å². The lowest BCUT2D eigenvalue weighted by Gasteiger charge is -2.39. The average Bonchev–Trinajstić information content (AvgIpc) is 2.78. The average molecular weight is 248 g/mol. The summed E-state index contributed by atoms with van der Waals surface area (Å²) >= 11 is 0. The van der Waals surface area contributed by atoms with Crippen LogP contribution in [0.25, 0.3) is 0 Å². The molecular formula is C15H22NO2+. The van der Waals surface area contributed by atoms with Crippen molar-refractivity contribution in [2.45, 2.75) is 44.4 Å². The Bertz CT molecular complexity index is 395. The van der Waals surface area contributed by atoms with Crippen molar-refractivity contribution in [3.63, 3.8) is 0 Å². The van der Waals surface area contributed by atoms with Gasteiger partial charge in [-0.25, -0.2) is 0 Å². The summed E-state index contributed by atoms with van der Waals surface area (Å²) in [6.45, 7) is 2.20. The number of hydrogen-bond donors (Lipinski definition) is 1. The van der Waals surface area contributed by atoms with Gasteiger partial charge in [-0.3, -0.25) is 0 Å². The van der Waals surface area contributed by atoms with Crippen LogP contribution in [0.4, 0.5) is 0 Å². The van der Waals surface area contributed by atoms with E-state index in [-0.39, 0.29) is 12.7 Å². The zero-order chi connectivity index (χ0) is 12.4. The molecule has 2 saturated heterocycles. The maximum absolute atomic E-state index is 9.36. The lowest BCUT2D eigenvalue weighted by Crippen LogP contribution is -2.52. The monoisotopic (exact) mass is 248 g/mol. The first-order valence-electron chi connectivity index (χ1n) is 7.02. The summed E-state index contributed by atoms with van der Waals surface area (Å²) in [7, 11) is 0. The first-order chi connectivity index (χ1) is 8.82. The topological polar surface area (TPSA) is 29.5 Å². The van der Waals surface area contributed by atoms with Crippen LogP contribution in [0.2, 0.25) is 0 Å². The molecule has 2 heterocycles. The predicted molar refractivity (Wildman–Crippen MR) is 69.5 cm³/mol. The van der Waals surface area contributed by atoms with E-state index in [1.54, 1.807) is 0 Å². The second kappa shape index (κ2) is 5.00. The van der Waals surface area contributed by atoms with Crippen molar-refractivity contribution in [2.75, 3.05) is 13.2 Å².